The third-order valence-corrected chi connectivity index (χ3v) is 1.45. The van der Waals surface area contributed by atoms with E-state index in [0.29, 0.717) is 0 Å². The number of hydrogen-bond acceptors (Lipinski definition) is 5. The zero-order valence-corrected chi connectivity index (χ0v) is 7.56. The molecule has 0 unspecified atom stereocenters. The molecule has 0 aliphatic rings. The number of carbonyl (C=O) groups is 1. The molecule has 0 aliphatic heterocycles. The summed E-state index contributed by atoms with van der Waals surface area (Å²) in [6.07, 6.45) is 1.48. The molecular weight excluding hydrogens is 184 g/mol. The van der Waals surface area contributed by atoms with Crippen LogP contribution < -0.4 is 4.74 Å². The number of nitriles is 1. The molecule has 0 saturated heterocycles. The fraction of sp³-hybridized carbons (Fsp3) is 0.222. The van der Waals surface area contributed by atoms with Crippen molar-refractivity contribution in [3.63, 3.8) is 0 Å². The zero-order chi connectivity index (χ0) is 10.4. The average molecular weight is 192 g/mol. The number of methoxy groups -OCH3 is 1. The number of ether oxygens (including phenoxy) is 2. The summed E-state index contributed by atoms with van der Waals surface area (Å²) in [6, 6.07) is 5.03. The molecule has 5 heteroatoms. The van der Waals surface area contributed by atoms with Gasteiger partial charge in [-0.05, 0) is 12.1 Å². The number of carbonyl (C=O) groups excluding carboxylic acids is 1. The topological polar surface area (TPSA) is 72.2 Å². The summed E-state index contributed by atoms with van der Waals surface area (Å²) < 4.78 is 9.40. The number of rotatable bonds is 3. The van der Waals surface area contributed by atoms with Gasteiger partial charge in [0, 0.05) is 6.20 Å². The third-order valence-electron chi connectivity index (χ3n) is 1.45. The van der Waals surface area contributed by atoms with Gasteiger partial charge in [-0.15, -0.1) is 0 Å². The second kappa shape index (κ2) is 4.82. The van der Waals surface area contributed by atoms with E-state index < -0.39 is 5.97 Å². The molecule has 0 aliphatic carbocycles. The minimum absolute atomic E-state index is 0.149. The molecule has 0 atom stereocenters. The van der Waals surface area contributed by atoms with Crippen molar-refractivity contribution < 1.29 is 14.3 Å². The van der Waals surface area contributed by atoms with Gasteiger partial charge in [-0.3, -0.25) is 0 Å². The molecule has 5 nitrogen and oxygen atoms in total. The lowest BCUT2D eigenvalue weighted by molar-refractivity contribution is -0.142. The third kappa shape index (κ3) is 2.45. The fourth-order valence-corrected chi connectivity index (χ4v) is 0.787. The quantitative estimate of drug-likeness (QED) is 0.652. The Balaban J connectivity index is 2.68. The van der Waals surface area contributed by atoms with E-state index in [1.54, 1.807) is 12.1 Å². The van der Waals surface area contributed by atoms with Gasteiger partial charge in [0.15, 0.2) is 18.1 Å². The number of nitrogens with zero attached hydrogens (tertiary/aromatic N) is 2. The molecule has 0 saturated carbocycles. The van der Waals surface area contributed by atoms with Crippen LogP contribution in [0.3, 0.4) is 0 Å². The van der Waals surface area contributed by atoms with Gasteiger partial charge in [-0.25, -0.2) is 9.78 Å². The fourth-order valence-electron chi connectivity index (χ4n) is 0.787. The van der Waals surface area contributed by atoms with Crippen LogP contribution in [0, 0.1) is 11.3 Å². The van der Waals surface area contributed by atoms with Gasteiger partial charge in [-0.1, -0.05) is 0 Å². The first kappa shape index (κ1) is 9.99. The molecule has 0 amide bonds. The van der Waals surface area contributed by atoms with Crippen molar-refractivity contribution in [2.45, 2.75) is 0 Å². The van der Waals surface area contributed by atoms with Crippen molar-refractivity contribution in [3.05, 3.63) is 24.0 Å². The monoisotopic (exact) mass is 192 g/mol. The maximum atomic E-state index is 10.7. The molecule has 0 N–H and O–H groups in total. The lowest BCUT2D eigenvalue weighted by Crippen LogP contribution is -2.13. The Hall–Kier alpha value is -2.09. The number of hydrogen-bond donors (Lipinski definition) is 0. The van der Waals surface area contributed by atoms with Gasteiger partial charge in [0.25, 0.3) is 0 Å². The molecule has 0 fully saturated rings. The van der Waals surface area contributed by atoms with Crippen LogP contribution in [0.15, 0.2) is 18.3 Å². The first-order chi connectivity index (χ1) is 6.77. The van der Waals surface area contributed by atoms with E-state index in [-0.39, 0.29) is 18.1 Å². The molecular formula is C9H8N2O3. The van der Waals surface area contributed by atoms with Crippen molar-refractivity contribution in [2.75, 3.05) is 13.7 Å². The molecule has 0 spiro atoms. The number of aromatic nitrogens is 1. The summed E-state index contributed by atoms with van der Waals surface area (Å²) in [4.78, 5) is 14.5. The van der Waals surface area contributed by atoms with Gasteiger partial charge >= 0.3 is 5.97 Å². The highest BCUT2D eigenvalue weighted by molar-refractivity contribution is 5.70. The van der Waals surface area contributed by atoms with E-state index in [0.717, 1.165) is 0 Å². The highest BCUT2D eigenvalue weighted by Crippen LogP contribution is 2.13. The lowest BCUT2D eigenvalue weighted by Gasteiger charge is -2.04. The van der Waals surface area contributed by atoms with Gasteiger partial charge in [0.2, 0.25) is 0 Å². The van der Waals surface area contributed by atoms with Crippen LogP contribution >= 0.6 is 0 Å². The normalized spacial score (nSPS) is 8.86. The standard InChI is InChI=1S/C9H8N2O3/c1-13-9(12)6-14-8-3-2-4-11-7(8)5-10/h2-4H,6H2,1H3. The van der Waals surface area contributed by atoms with Crippen LogP contribution in [-0.4, -0.2) is 24.7 Å². The van der Waals surface area contributed by atoms with Crippen molar-refractivity contribution in [2.24, 2.45) is 0 Å². The number of esters is 1. The summed E-state index contributed by atoms with van der Waals surface area (Å²) in [5, 5.41) is 8.63. The Bertz CT molecular complexity index is 371. The van der Waals surface area contributed by atoms with Crippen LogP contribution in [0.2, 0.25) is 0 Å². The van der Waals surface area contributed by atoms with Crippen molar-refractivity contribution in [1.82, 2.24) is 4.98 Å². The Morgan fingerprint density at radius 3 is 3.14 bits per heavy atom. The number of pyridine rings is 1. The van der Waals surface area contributed by atoms with E-state index in [2.05, 4.69) is 9.72 Å². The second-order valence-electron chi connectivity index (χ2n) is 2.33. The van der Waals surface area contributed by atoms with E-state index in [9.17, 15) is 4.79 Å². The van der Waals surface area contributed by atoms with Crippen molar-refractivity contribution >= 4 is 5.97 Å². The minimum atomic E-state index is -0.502. The summed E-state index contributed by atoms with van der Waals surface area (Å²) in [6.45, 7) is -0.225. The molecule has 0 radical (unpaired) electrons. The molecule has 0 aromatic carbocycles. The first-order valence-corrected chi connectivity index (χ1v) is 3.82. The smallest absolute Gasteiger partial charge is 0.343 e. The van der Waals surface area contributed by atoms with Gasteiger partial charge in [0.05, 0.1) is 7.11 Å². The summed E-state index contributed by atoms with van der Waals surface area (Å²) >= 11 is 0. The molecule has 14 heavy (non-hydrogen) atoms. The molecule has 1 aromatic heterocycles. The van der Waals surface area contributed by atoms with Gasteiger partial charge in [0.1, 0.15) is 6.07 Å². The predicted molar refractivity (Wildman–Crippen MR) is 46.5 cm³/mol. The SMILES string of the molecule is COC(=O)COc1cccnc1C#N. The average Bonchev–Trinajstić information content (AvgIpc) is 2.26. The zero-order valence-electron chi connectivity index (χ0n) is 7.56. The molecule has 1 rings (SSSR count). The molecule has 0 bridgehead atoms. The summed E-state index contributed by atoms with van der Waals surface area (Å²) in [7, 11) is 1.26. The summed E-state index contributed by atoms with van der Waals surface area (Å²) in [5.41, 5.74) is 0.149. The maximum Gasteiger partial charge on any atom is 0.343 e. The molecule has 72 valence electrons. The Morgan fingerprint density at radius 2 is 2.50 bits per heavy atom. The van der Waals surface area contributed by atoms with Crippen LogP contribution in [0.5, 0.6) is 5.75 Å². The second-order valence-corrected chi connectivity index (χ2v) is 2.33. The van der Waals surface area contributed by atoms with Crippen molar-refractivity contribution in [3.8, 4) is 11.8 Å². The van der Waals surface area contributed by atoms with Crippen LogP contribution in [0.4, 0.5) is 0 Å². The molecule has 1 heterocycles. The largest absolute Gasteiger partial charge is 0.479 e. The lowest BCUT2D eigenvalue weighted by atomic mass is 10.3. The maximum absolute atomic E-state index is 10.7. The first-order valence-electron chi connectivity index (χ1n) is 3.82. The Morgan fingerprint density at radius 1 is 1.71 bits per heavy atom. The van der Waals surface area contributed by atoms with E-state index in [4.69, 9.17) is 10.00 Å². The van der Waals surface area contributed by atoms with E-state index in [1.165, 1.54) is 13.3 Å². The Kier molecular flexibility index (Phi) is 3.44. The van der Waals surface area contributed by atoms with E-state index in [1.807, 2.05) is 6.07 Å². The highest BCUT2D eigenvalue weighted by Gasteiger charge is 2.06. The summed E-state index contributed by atoms with van der Waals surface area (Å²) in [5.74, 6) is -0.224. The van der Waals surface area contributed by atoms with Crippen molar-refractivity contribution in [1.29, 1.82) is 5.26 Å². The van der Waals surface area contributed by atoms with Gasteiger partial charge < -0.3 is 9.47 Å². The van der Waals surface area contributed by atoms with Crippen LogP contribution in [0.1, 0.15) is 5.69 Å². The van der Waals surface area contributed by atoms with Crippen LogP contribution in [-0.2, 0) is 9.53 Å². The highest BCUT2D eigenvalue weighted by atomic mass is 16.6. The van der Waals surface area contributed by atoms with E-state index >= 15 is 0 Å². The van der Waals surface area contributed by atoms with Crippen LogP contribution in [0.25, 0.3) is 0 Å². The minimum Gasteiger partial charge on any atom is -0.479 e. The predicted octanol–water partition coefficient (Wildman–Crippen LogP) is 0.505. The molecule has 1 aromatic rings. The Labute approximate surface area is 80.9 Å². The van der Waals surface area contributed by atoms with Gasteiger partial charge in [-0.2, -0.15) is 5.26 Å².